The highest BCUT2D eigenvalue weighted by atomic mass is 16.5. The third-order valence-corrected chi connectivity index (χ3v) is 3.18. The van der Waals surface area contributed by atoms with E-state index in [1.807, 2.05) is 0 Å². The standard InChI is InChI=1S/C13H17NO2/c1-16-13(15)7-3-9-2-4-10-5-6-12(14)11(10)8-9/h2,4,8,12H,3,5-7,14H2,1H3. The first-order valence-electron chi connectivity index (χ1n) is 5.65. The van der Waals surface area contributed by atoms with E-state index in [4.69, 9.17) is 5.73 Å². The molecule has 0 saturated carbocycles. The molecule has 1 unspecified atom stereocenters. The van der Waals surface area contributed by atoms with Crippen molar-refractivity contribution in [2.45, 2.75) is 31.7 Å². The van der Waals surface area contributed by atoms with Crippen LogP contribution in [0.3, 0.4) is 0 Å². The minimum absolute atomic E-state index is 0.162. The summed E-state index contributed by atoms with van der Waals surface area (Å²) >= 11 is 0. The number of carbonyl (C=O) groups excluding carboxylic acids is 1. The molecule has 1 atom stereocenters. The highest BCUT2D eigenvalue weighted by molar-refractivity contribution is 5.69. The molecule has 1 aliphatic rings. The number of rotatable bonds is 3. The lowest BCUT2D eigenvalue weighted by atomic mass is 10.0. The Morgan fingerprint density at radius 2 is 2.38 bits per heavy atom. The quantitative estimate of drug-likeness (QED) is 0.788. The number of esters is 1. The molecular formula is C13H17NO2. The second kappa shape index (κ2) is 4.66. The maximum Gasteiger partial charge on any atom is 0.305 e. The van der Waals surface area contributed by atoms with Crippen LogP contribution >= 0.6 is 0 Å². The van der Waals surface area contributed by atoms with Crippen LogP contribution in [0.5, 0.6) is 0 Å². The molecule has 2 rings (SSSR count). The molecule has 0 aromatic heterocycles. The average Bonchev–Trinajstić information content (AvgIpc) is 2.68. The predicted molar refractivity (Wildman–Crippen MR) is 62.0 cm³/mol. The Labute approximate surface area is 95.6 Å². The second-order valence-electron chi connectivity index (χ2n) is 4.25. The van der Waals surface area contributed by atoms with E-state index < -0.39 is 0 Å². The Kier molecular flexibility index (Phi) is 3.25. The lowest BCUT2D eigenvalue weighted by molar-refractivity contribution is -0.140. The van der Waals surface area contributed by atoms with Gasteiger partial charge in [-0.3, -0.25) is 4.79 Å². The number of hydrogen-bond donors (Lipinski definition) is 1. The summed E-state index contributed by atoms with van der Waals surface area (Å²) in [6.07, 6.45) is 3.28. The number of fused-ring (bicyclic) bond motifs is 1. The van der Waals surface area contributed by atoms with Crippen LogP contribution in [-0.2, 0) is 22.4 Å². The van der Waals surface area contributed by atoms with Gasteiger partial charge in [0.2, 0.25) is 0 Å². The molecule has 0 saturated heterocycles. The van der Waals surface area contributed by atoms with E-state index in [-0.39, 0.29) is 12.0 Å². The Morgan fingerprint density at radius 3 is 3.12 bits per heavy atom. The van der Waals surface area contributed by atoms with Gasteiger partial charge in [0, 0.05) is 12.5 Å². The minimum Gasteiger partial charge on any atom is -0.469 e. The molecule has 1 aromatic carbocycles. The van der Waals surface area contributed by atoms with Crippen molar-refractivity contribution in [2.75, 3.05) is 7.11 Å². The normalized spacial score (nSPS) is 18.2. The van der Waals surface area contributed by atoms with E-state index >= 15 is 0 Å². The number of aryl methyl sites for hydroxylation is 2. The fourth-order valence-electron chi connectivity index (χ4n) is 2.19. The lowest BCUT2D eigenvalue weighted by Crippen LogP contribution is -2.06. The van der Waals surface area contributed by atoms with Gasteiger partial charge in [0.05, 0.1) is 7.11 Å². The van der Waals surface area contributed by atoms with Crippen LogP contribution in [0.25, 0.3) is 0 Å². The first-order chi connectivity index (χ1) is 7.70. The van der Waals surface area contributed by atoms with E-state index in [1.54, 1.807) is 0 Å². The summed E-state index contributed by atoms with van der Waals surface area (Å²) < 4.78 is 4.62. The van der Waals surface area contributed by atoms with E-state index in [0.717, 1.165) is 19.3 Å². The number of nitrogens with two attached hydrogens (primary N) is 1. The van der Waals surface area contributed by atoms with Gasteiger partial charge in [-0.05, 0) is 36.0 Å². The van der Waals surface area contributed by atoms with Gasteiger partial charge >= 0.3 is 5.97 Å². The van der Waals surface area contributed by atoms with E-state index in [0.29, 0.717) is 6.42 Å². The van der Waals surface area contributed by atoms with Crippen molar-refractivity contribution >= 4 is 5.97 Å². The first-order valence-corrected chi connectivity index (χ1v) is 5.65. The van der Waals surface area contributed by atoms with Crippen molar-refractivity contribution in [2.24, 2.45) is 5.73 Å². The molecule has 0 aliphatic heterocycles. The molecule has 1 aliphatic carbocycles. The summed E-state index contributed by atoms with van der Waals surface area (Å²) in [5.74, 6) is -0.162. The van der Waals surface area contributed by atoms with Gasteiger partial charge in [0.15, 0.2) is 0 Å². The maximum absolute atomic E-state index is 11.0. The number of hydrogen-bond acceptors (Lipinski definition) is 3. The smallest absolute Gasteiger partial charge is 0.305 e. The summed E-state index contributed by atoms with van der Waals surface area (Å²) in [6, 6.07) is 6.53. The third-order valence-electron chi connectivity index (χ3n) is 3.18. The highest BCUT2D eigenvalue weighted by Gasteiger charge is 2.18. The fraction of sp³-hybridized carbons (Fsp3) is 0.462. The number of methoxy groups -OCH3 is 1. The monoisotopic (exact) mass is 219 g/mol. The fourth-order valence-corrected chi connectivity index (χ4v) is 2.19. The van der Waals surface area contributed by atoms with Crippen LogP contribution in [0, 0.1) is 0 Å². The predicted octanol–water partition coefficient (Wildman–Crippen LogP) is 1.74. The molecule has 3 nitrogen and oxygen atoms in total. The van der Waals surface area contributed by atoms with E-state index in [9.17, 15) is 4.79 Å². The number of carbonyl (C=O) groups is 1. The average molecular weight is 219 g/mol. The molecule has 0 spiro atoms. The van der Waals surface area contributed by atoms with Crippen molar-refractivity contribution in [1.82, 2.24) is 0 Å². The van der Waals surface area contributed by atoms with Crippen molar-refractivity contribution in [3.05, 3.63) is 34.9 Å². The minimum atomic E-state index is -0.162. The molecule has 0 radical (unpaired) electrons. The molecule has 16 heavy (non-hydrogen) atoms. The topological polar surface area (TPSA) is 52.3 Å². The zero-order valence-corrected chi connectivity index (χ0v) is 9.53. The van der Waals surface area contributed by atoms with Crippen LogP contribution in [0.1, 0.15) is 35.6 Å². The summed E-state index contributed by atoms with van der Waals surface area (Å²) in [4.78, 5) is 11.0. The zero-order valence-electron chi connectivity index (χ0n) is 9.53. The molecule has 0 amide bonds. The summed E-state index contributed by atoms with van der Waals surface area (Å²) in [6.45, 7) is 0. The van der Waals surface area contributed by atoms with Gasteiger partial charge in [0.1, 0.15) is 0 Å². The molecular weight excluding hydrogens is 202 g/mol. The van der Waals surface area contributed by atoms with Crippen molar-refractivity contribution < 1.29 is 9.53 Å². The summed E-state index contributed by atoms with van der Waals surface area (Å²) in [5, 5.41) is 0. The summed E-state index contributed by atoms with van der Waals surface area (Å²) in [5.41, 5.74) is 9.78. The highest BCUT2D eigenvalue weighted by Crippen LogP contribution is 2.30. The molecule has 3 heteroatoms. The Bertz CT molecular complexity index is 401. The van der Waals surface area contributed by atoms with Crippen molar-refractivity contribution in [3.63, 3.8) is 0 Å². The van der Waals surface area contributed by atoms with E-state index in [2.05, 4.69) is 22.9 Å². The number of ether oxygens (including phenoxy) is 1. The van der Waals surface area contributed by atoms with Crippen LogP contribution in [0.4, 0.5) is 0 Å². The first kappa shape index (κ1) is 11.1. The number of benzene rings is 1. The van der Waals surface area contributed by atoms with Gasteiger partial charge in [-0.1, -0.05) is 18.2 Å². The van der Waals surface area contributed by atoms with Crippen LogP contribution in [-0.4, -0.2) is 13.1 Å². The van der Waals surface area contributed by atoms with Crippen LogP contribution < -0.4 is 5.73 Å². The van der Waals surface area contributed by atoms with Crippen LogP contribution in [0.15, 0.2) is 18.2 Å². The van der Waals surface area contributed by atoms with Gasteiger partial charge in [-0.2, -0.15) is 0 Å². The Balaban J connectivity index is 2.07. The van der Waals surface area contributed by atoms with E-state index in [1.165, 1.54) is 23.8 Å². The van der Waals surface area contributed by atoms with Gasteiger partial charge < -0.3 is 10.5 Å². The van der Waals surface area contributed by atoms with Gasteiger partial charge in [0.25, 0.3) is 0 Å². The Morgan fingerprint density at radius 1 is 1.56 bits per heavy atom. The molecule has 1 aromatic rings. The molecule has 0 bridgehead atoms. The molecule has 0 heterocycles. The second-order valence-corrected chi connectivity index (χ2v) is 4.25. The molecule has 86 valence electrons. The van der Waals surface area contributed by atoms with Gasteiger partial charge in [-0.25, -0.2) is 0 Å². The van der Waals surface area contributed by atoms with Crippen molar-refractivity contribution in [1.29, 1.82) is 0 Å². The van der Waals surface area contributed by atoms with Crippen LogP contribution in [0.2, 0.25) is 0 Å². The zero-order chi connectivity index (χ0) is 11.5. The third kappa shape index (κ3) is 2.25. The maximum atomic E-state index is 11.0. The molecule has 2 N–H and O–H groups in total. The Hall–Kier alpha value is -1.35. The molecule has 0 fully saturated rings. The van der Waals surface area contributed by atoms with Gasteiger partial charge in [-0.15, -0.1) is 0 Å². The van der Waals surface area contributed by atoms with Crippen molar-refractivity contribution in [3.8, 4) is 0 Å². The summed E-state index contributed by atoms with van der Waals surface area (Å²) in [7, 11) is 1.42. The lowest BCUT2D eigenvalue weighted by Gasteiger charge is -2.07. The SMILES string of the molecule is COC(=O)CCc1ccc2c(c1)C(N)CC2. The largest absolute Gasteiger partial charge is 0.469 e.